The van der Waals surface area contributed by atoms with E-state index in [1.807, 2.05) is 12.1 Å². The van der Waals surface area contributed by atoms with Crippen LogP contribution in [0.5, 0.6) is 0 Å². The maximum Gasteiger partial charge on any atom is 0.266 e. The molecular weight excluding hydrogens is 387 g/mol. The van der Waals surface area contributed by atoms with Gasteiger partial charge in [-0.15, -0.1) is 11.3 Å². The Bertz CT molecular complexity index is 1350. The molecule has 0 aliphatic heterocycles. The minimum absolute atomic E-state index is 0.0707. The van der Waals surface area contributed by atoms with E-state index >= 15 is 0 Å². The predicted molar refractivity (Wildman–Crippen MR) is 115 cm³/mol. The molecule has 2 aromatic heterocycles. The molecule has 1 fully saturated rings. The molecule has 29 heavy (non-hydrogen) atoms. The third kappa shape index (κ3) is 2.99. The van der Waals surface area contributed by atoms with Crippen molar-refractivity contribution in [2.45, 2.75) is 38.1 Å². The highest BCUT2D eigenvalue weighted by atomic mass is 32.1. The number of halogens is 1. The van der Waals surface area contributed by atoms with E-state index in [0.717, 1.165) is 36.8 Å². The lowest BCUT2D eigenvalue weighted by Gasteiger charge is -2.26. The standard InChI is InChI=1S/C23H19FN2O2S/c24-17-12-6-4-10-15(17)21-25-22-19(20(27)16-11-5-7-13-18(16)29-22)23(28)26(21)14-8-2-1-3-9-14/h4-7,10-14H,1-3,8-9H2. The van der Waals surface area contributed by atoms with Gasteiger partial charge in [-0.2, -0.15) is 0 Å². The normalized spacial score (nSPS) is 15.2. The Morgan fingerprint density at radius 3 is 2.48 bits per heavy atom. The molecule has 0 radical (unpaired) electrons. The molecule has 4 nitrogen and oxygen atoms in total. The zero-order valence-corrected chi connectivity index (χ0v) is 16.5. The Morgan fingerprint density at radius 2 is 1.69 bits per heavy atom. The summed E-state index contributed by atoms with van der Waals surface area (Å²) in [4.78, 5) is 31.8. The zero-order valence-electron chi connectivity index (χ0n) is 15.7. The largest absolute Gasteiger partial charge is 0.289 e. The second-order valence-corrected chi connectivity index (χ2v) is 8.52. The van der Waals surface area contributed by atoms with E-state index in [1.54, 1.807) is 34.9 Å². The van der Waals surface area contributed by atoms with Crippen molar-refractivity contribution < 1.29 is 4.39 Å². The summed E-state index contributed by atoms with van der Waals surface area (Å²) in [7, 11) is 0. The highest BCUT2D eigenvalue weighted by Gasteiger charge is 2.25. The highest BCUT2D eigenvalue weighted by Crippen LogP contribution is 2.33. The average molecular weight is 406 g/mol. The van der Waals surface area contributed by atoms with Crippen LogP contribution in [0.15, 0.2) is 58.1 Å². The van der Waals surface area contributed by atoms with Crippen molar-refractivity contribution in [1.29, 1.82) is 0 Å². The molecule has 0 atom stereocenters. The van der Waals surface area contributed by atoms with Crippen LogP contribution in [0.3, 0.4) is 0 Å². The van der Waals surface area contributed by atoms with Crippen LogP contribution < -0.4 is 11.0 Å². The molecule has 0 amide bonds. The van der Waals surface area contributed by atoms with E-state index < -0.39 is 5.82 Å². The number of aromatic nitrogens is 2. The Morgan fingerprint density at radius 1 is 0.966 bits per heavy atom. The molecule has 4 aromatic rings. The summed E-state index contributed by atoms with van der Waals surface area (Å²) in [6.07, 6.45) is 4.81. The summed E-state index contributed by atoms with van der Waals surface area (Å²) in [5.41, 5.74) is -0.353. The van der Waals surface area contributed by atoms with Crippen LogP contribution in [-0.4, -0.2) is 9.55 Å². The van der Waals surface area contributed by atoms with Crippen molar-refractivity contribution >= 4 is 31.6 Å². The number of benzene rings is 2. The maximum absolute atomic E-state index is 14.7. The molecule has 1 aliphatic rings. The monoisotopic (exact) mass is 406 g/mol. The van der Waals surface area contributed by atoms with Gasteiger partial charge in [0.1, 0.15) is 21.9 Å². The molecule has 2 heterocycles. The van der Waals surface area contributed by atoms with Crippen LogP contribution in [0.1, 0.15) is 38.1 Å². The smallest absolute Gasteiger partial charge is 0.266 e. The van der Waals surface area contributed by atoms with Crippen LogP contribution in [0, 0.1) is 5.82 Å². The molecular formula is C23H19FN2O2S. The van der Waals surface area contributed by atoms with Gasteiger partial charge in [-0.25, -0.2) is 9.37 Å². The first-order valence-electron chi connectivity index (χ1n) is 9.88. The third-order valence-electron chi connectivity index (χ3n) is 5.70. The Labute approximate surface area is 170 Å². The van der Waals surface area contributed by atoms with Gasteiger partial charge in [0.2, 0.25) is 5.43 Å². The lowest BCUT2D eigenvalue weighted by molar-refractivity contribution is 0.348. The van der Waals surface area contributed by atoms with Gasteiger partial charge in [-0.3, -0.25) is 14.2 Å². The molecule has 146 valence electrons. The van der Waals surface area contributed by atoms with Gasteiger partial charge in [-0.05, 0) is 37.1 Å². The Hall–Kier alpha value is -2.86. The summed E-state index contributed by atoms with van der Waals surface area (Å²) >= 11 is 1.30. The molecule has 0 unspecified atom stereocenters. The number of nitrogens with zero attached hydrogens (tertiary/aromatic N) is 2. The molecule has 6 heteroatoms. The third-order valence-corrected chi connectivity index (χ3v) is 6.77. The van der Waals surface area contributed by atoms with E-state index in [1.165, 1.54) is 17.4 Å². The van der Waals surface area contributed by atoms with Gasteiger partial charge in [0.25, 0.3) is 5.56 Å². The Balaban J connectivity index is 1.91. The van der Waals surface area contributed by atoms with E-state index in [-0.39, 0.29) is 22.4 Å². The lowest BCUT2D eigenvalue weighted by atomic mass is 9.94. The van der Waals surface area contributed by atoms with Gasteiger partial charge in [-0.1, -0.05) is 43.5 Å². The minimum atomic E-state index is -0.420. The van der Waals surface area contributed by atoms with Crippen LogP contribution in [0.2, 0.25) is 0 Å². The number of fused-ring (bicyclic) bond motifs is 2. The van der Waals surface area contributed by atoms with Crippen LogP contribution in [0.25, 0.3) is 31.7 Å². The van der Waals surface area contributed by atoms with Gasteiger partial charge in [0, 0.05) is 16.1 Å². The number of hydrogen-bond donors (Lipinski definition) is 0. The van der Waals surface area contributed by atoms with E-state index in [4.69, 9.17) is 4.98 Å². The van der Waals surface area contributed by atoms with Crippen molar-refractivity contribution in [1.82, 2.24) is 9.55 Å². The summed E-state index contributed by atoms with van der Waals surface area (Å²) < 4.78 is 17.0. The lowest BCUT2D eigenvalue weighted by Crippen LogP contribution is -2.31. The van der Waals surface area contributed by atoms with Gasteiger partial charge < -0.3 is 0 Å². The molecule has 0 N–H and O–H groups in total. The number of rotatable bonds is 2. The van der Waals surface area contributed by atoms with E-state index in [0.29, 0.717) is 21.6 Å². The van der Waals surface area contributed by atoms with Gasteiger partial charge in [0.15, 0.2) is 0 Å². The summed E-state index contributed by atoms with van der Waals surface area (Å²) in [6, 6.07) is 13.5. The molecule has 0 saturated heterocycles. The fourth-order valence-electron chi connectivity index (χ4n) is 4.27. The fourth-order valence-corrected chi connectivity index (χ4v) is 5.31. The second-order valence-electron chi connectivity index (χ2n) is 7.49. The van der Waals surface area contributed by atoms with Crippen molar-refractivity contribution in [2.24, 2.45) is 0 Å². The minimum Gasteiger partial charge on any atom is -0.289 e. The molecule has 0 spiro atoms. The first-order valence-corrected chi connectivity index (χ1v) is 10.7. The van der Waals surface area contributed by atoms with E-state index in [9.17, 15) is 14.0 Å². The van der Waals surface area contributed by atoms with E-state index in [2.05, 4.69) is 0 Å². The molecule has 0 bridgehead atoms. The molecule has 1 aliphatic carbocycles. The topological polar surface area (TPSA) is 52.0 Å². The molecule has 1 saturated carbocycles. The van der Waals surface area contributed by atoms with Crippen molar-refractivity contribution in [3.63, 3.8) is 0 Å². The van der Waals surface area contributed by atoms with Crippen molar-refractivity contribution in [2.75, 3.05) is 0 Å². The van der Waals surface area contributed by atoms with Gasteiger partial charge in [0.05, 0.1) is 5.56 Å². The van der Waals surface area contributed by atoms with Crippen molar-refractivity contribution in [3.05, 3.63) is 74.9 Å². The second kappa shape index (κ2) is 7.19. The summed E-state index contributed by atoms with van der Waals surface area (Å²) in [5, 5.41) is 0.636. The summed E-state index contributed by atoms with van der Waals surface area (Å²) in [5.74, 6) is -0.102. The van der Waals surface area contributed by atoms with Crippen LogP contribution in [0.4, 0.5) is 4.39 Å². The molecule has 5 rings (SSSR count). The Kier molecular flexibility index (Phi) is 4.51. The highest BCUT2D eigenvalue weighted by molar-refractivity contribution is 7.24. The predicted octanol–water partition coefficient (Wildman–Crippen LogP) is 5.28. The zero-order chi connectivity index (χ0) is 20.0. The number of hydrogen-bond acceptors (Lipinski definition) is 4. The maximum atomic E-state index is 14.7. The summed E-state index contributed by atoms with van der Waals surface area (Å²) in [6.45, 7) is 0. The first-order chi connectivity index (χ1) is 14.1. The SMILES string of the molecule is O=c1c2ccccc2sc2nc(-c3ccccc3F)n(C3CCCCC3)c(=O)c12. The first kappa shape index (κ1) is 18.2. The van der Waals surface area contributed by atoms with Crippen LogP contribution >= 0.6 is 11.3 Å². The van der Waals surface area contributed by atoms with Crippen molar-refractivity contribution in [3.8, 4) is 11.4 Å². The fraction of sp³-hybridized carbons (Fsp3) is 0.261. The average Bonchev–Trinajstić information content (AvgIpc) is 2.74. The van der Waals surface area contributed by atoms with Crippen LogP contribution in [-0.2, 0) is 0 Å². The molecule has 2 aromatic carbocycles. The quantitative estimate of drug-likeness (QED) is 0.426. The van der Waals surface area contributed by atoms with Gasteiger partial charge >= 0.3 is 0 Å².